The van der Waals surface area contributed by atoms with Gasteiger partial charge in [-0.25, -0.2) is 33.7 Å². The van der Waals surface area contributed by atoms with Crippen LogP contribution in [0.2, 0.25) is 0 Å². The minimum atomic E-state index is -5.38. The largest absolute Gasteiger partial charge is 1.00 e. The van der Waals surface area contributed by atoms with Crippen molar-refractivity contribution in [2.45, 2.75) is 22.0 Å². The van der Waals surface area contributed by atoms with Crippen LogP contribution in [0.15, 0.2) is 0 Å². The van der Waals surface area contributed by atoms with Crippen LogP contribution >= 0.6 is 21.6 Å². The molecule has 0 amide bonds. The van der Waals surface area contributed by atoms with Crippen LogP contribution in [0.4, 0.5) is 0 Å². The predicted molar refractivity (Wildman–Crippen MR) is 80.5 cm³/mol. The Morgan fingerprint density at radius 2 is 0.679 bits per heavy atom. The van der Waals surface area contributed by atoms with Gasteiger partial charge in [-0.15, -0.1) is 0 Å². The van der Waals surface area contributed by atoms with Gasteiger partial charge in [0.05, 0.1) is 0 Å². The van der Waals surface area contributed by atoms with E-state index in [1.165, 1.54) is 0 Å². The SMILES string of the molecule is O=S(=O)([O-])C(CCSSCCC(S(=O)(=O)[O-])S(=O)(=O)[O-])S(=O)(=O)[O-].[Na+].[Na+].[Na+].[Na+]. The number of hydrogen-bond donors (Lipinski definition) is 0. The average molecular weight is 558 g/mol. The second-order valence-electron chi connectivity index (χ2n) is 4.05. The van der Waals surface area contributed by atoms with E-state index in [2.05, 4.69) is 0 Å². The zero-order valence-corrected chi connectivity index (χ0v) is 28.2. The summed E-state index contributed by atoms with van der Waals surface area (Å²) < 4.78 is 122. The molecule has 0 bridgehead atoms. The fourth-order valence-electron chi connectivity index (χ4n) is 1.27. The van der Waals surface area contributed by atoms with E-state index >= 15 is 0 Å². The summed E-state index contributed by atoms with van der Waals surface area (Å²) in [5.41, 5.74) is 0. The minimum absolute atomic E-state index is 0. The summed E-state index contributed by atoms with van der Waals surface area (Å²) in [4.78, 5) is 0. The molecule has 22 heteroatoms. The van der Waals surface area contributed by atoms with Gasteiger partial charge in [0.25, 0.3) is 0 Å². The molecule has 28 heavy (non-hydrogen) atoms. The Balaban J connectivity index is -0.000000441. The topological polar surface area (TPSA) is 229 Å². The van der Waals surface area contributed by atoms with Gasteiger partial charge in [0.15, 0.2) is 0 Å². The predicted octanol–water partition coefficient (Wildman–Crippen LogP) is -14.0. The third-order valence-electron chi connectivity index (χ3n) is 2.25. The van der Waals surface area contributed by atoms with Gasteiger partial charge in [-0.05, 0) is 12.8 Å². The molecule has 0 aromatic rings. The Hall–Kier alpha value is 4.34. The maximum atomic E-state index is 10.7. The molecule has 0 aromatic heterocycles. The first-order valence-electron chi connectivity index (χ1n) is 5.50. The quantitative estimate of drug-likeness (QED) is 0.0992. The molecular weight excluding hydrogens is 548 g/mol. The van der Waals surface area contributed by atoms with Crippen LogP contribution in [0.25, 0.3) is 0 Å². The summed E-state index contributed by atoms with van der Waals surface area (Å²) in [6.07, 6.45) is -1.67. The summed E-state index contributed by atoms with van der Waals surface area (Å²) in [6, 6.07) is 0. The Labute approximate surface area is 260 Å². The maximum Gasteiger partial charge on any atom is 1.00 e. The van der Waals surface area contributed by atoms with Crippen LogP contribution in [0.5, 0.6) is 0 Å². The standard InChI is InChI=1S/C6H14O12S6.4Na/c7-21(8,9)5(22(10,11)12)1-3-19-20-4-2-6(23(13,14)15)24(16,17)18;;;;/h5-6H,1-4H2,(H,7,8,9)(H,10,11,12)(H,13,14,15)(H,16,17,18);;;;/q;4*+1/p-4. The molecule has 0 atom stereocenters. The molecule has 0 saturated carbocycles. The van der Waals surface area contributed by atoms with E-state index in [1.807, 2.05) is 0 Å². The summed E-state index contributed by atoms with van der Waals surface area (Å²) in [5.74, 6) is -0.672. The van der Waals surface area contributed by atoms with Crippen molar-refractivity contribution >= 4 is 62.1 Å². The van der Waals surface area contributed by atoms with Gasteiger partial charge < -0.3 is 18.2 Å². The molecule has 0 N–H and O–H groups in total. The van der Waals surface area contributed by atoms with E-state index in [0.717, 1.165) is 0 Å². The summed E-state index contributed by atoms with van der Waals surface area (Å²) in [7, 11) is -20.1. The van der Waals surface area contributed by atoms with Crippen molar-refractivity contribution in [3.05, 3.63) is 0 Å². The number of hydrogen-bond acceptors (Lipinski definition) is 14. The molecule has 0 saturated heterocycles. The van der Waals surface area contributed by atoms with Crippen LogP contribution < -0.4 is 118 Å². The van der Waals surface area contributed by atoms with Crippen molar-refractivity contribution < 1.29 is 170 Å². The third-order valence-corrected chi connectivity index (χ3v) is 11.1. The average Bonchev–Trinajstić information content (AvgIpc) is 2.25. The van der Waals surface area contributed by atoms with Crippen molar-refractivity contribution in [3.63, 3.8) is 0 Å². The molecule has 0 radical (unpaired) electrons. The molecule has 0 aliphatic carbocycles. The van der Waals surface area contributed by atoms with Gasteiger partial charge in [-0.3, -0.25) is 0 Å². The maximum absolute atomic E-state index is 10.7. The zero-order valence-electron chi connectivity index (χ0n) is 15.3. The van der Waals surface area contributed by atoms with E-state index < -0.39 is 62.5 Å². The molecule has 0 rings (SSSR count). The first-order valence-corrected chi connectivity index (χ1v) is 13.9. The van der Waals surface area contributed by atoms with Crippen molar-refractivity contribution in [1.29, 1.82) is 0 Å². The van der Waals surface area contributed by atoms with Gasteiger partial charge in [0.2, 0.25) is 0 Å². The molecule has 12 nitrogen and oxygen atoms in total. The summed E-state index contributed by atoms with van der Waals surface area (Å²) in [6.45, 7) is 0. The second-order valence-corrected chi connectivity index (χ2v) is 13.6. The second kappa shape index (κ2) is 17.7. The molecule has 0 fully saturated rings. The van der Waals surface area contributed by atoms with Crippen LogP contribution in [0.3, 0.4) is 0 Å². The van der Waals surface area contributed by atoms with Gasteiger partial charge in [0.1, 0.15) is 49.6 Å². The molecular formula is C6H10Na4O12S6. The fourth-order valence-corrected chi connectivity index (χ4v) is 7.99. The fraction of sp³-hybridized carbons (Fsp3) is 1.00. The van der Waals surface area contributed by atoms with Gasteiger partial charge in [-0.2, -0.15) is 0 Å². The van der Waals surface area contributed by atoms with E-state index in [0.29, 0.717) is 21.6 Å². The van der Waals surface area contributed by atoms with Crippen molar-refractivity contribution in [2.24, 2.45) is 0 Å². The Bertz CT molecular complexity index is 701. The van der Waals surface area contributed by atoms with E-state index in [1.54, 1.807) is 0 Å². The Morgan fingerprint density at radius 1 is 0.500 bits per heavy atom. The smallest absolute Gasteiger partial charge is 0.747 e. The van der Waals surface area contributed by atoms with E-state index in [9.17, 15) is 51.9 Å². The molecule has 0 aliphatic rings. The summed E-state index contributed by atoms with van der Waals surface area (Å²) in [5, 5.41) is 0. The van der Waals surface area contributed by atoms with E-state index in [-0.39, 0.29) is 130 Å². The molecule has 0 heterocycles. The minimum Gasteiger partial charge on any atom is -0.747 e. The molecule has 0 unspecified atom stereocenters. The molecule has 146 valence electrons. The monoisotopic (exact) mass is 558 g/mol. The van der Waals surface area contributed by atoms with Gasteiger partial charge >= 0.3 is 118 Å². The third kappa shape index (κ3) is 18.7. The van der Waals surface area contributed by atoms with Crippen molar-refractivity contribution in [3.8, 4) is 0 Å². The molecule has 0 aromatic carbocycles. The van der Waals surface area contributed by atoms with Crippen LogP contribution in [0.1, 0.15) is 12.8 Å². The van der Waals surface area contributed by atoms with Gasteiger partial charge in [-0.1, -0.05) is 21.6 Å². The first kappa shape index (κ1) is 42.5. The van der Waals surface area contributed by atoms with Crippen LogP contribution in [-0.4, -0.2) is 72.6 Å². The van der Waals surface area contributed by atoms with Gasteiger partial charge in [0, 0.05) is 11.5 Å². The van der Waals surface area contributed by atoms with E-state index in [4.69, 9.17) is 0 Å². The Kier molecular flexibility index (Phi) is 26.9. The Morgan fingerprint density at radius 3 is 0.821 bits per heavy atom. The first-order chi connectivity index (χ1) is 10.5. The van der Waals surface area contributed by atoms with Crippen molar-refractivity contribution in [1.82, 2.24) is 0 Å². The molecule has 0 aliphatic heterocycles. The van der Waals surface area contributed by atoms with Crippen molar-refractivity contribution in [2.75, 3.05) is 11.5 Å². The molecule has 0 spiro atoms. The number of rotatable bonds is 11. The normalized spacial score (nSPS) is 12.4. The van der Waals surface area contributed by atoms with Crippen LogP contribution in [0, 0.1) is 0 Å². The summed E-state index contributed by atoms with van der Waals surface area (Å²) >= 11 is 0. The zero-order chi connectivity index (χ0) is 19.4. The van der Waals surface area contributed by atoms with Crippen LogP contribution in [-0.2, 0) is 40.5 Å².